The van der Waals surface area contributed by atoms with E-state index in [1.54, 1.807) is 0 Å². The van der Waals surface area contributed by atoms with E-state index >= 15 is 0 Å². The third kappa shape index (κ3) is 8.12. The Kier molecular flexibility index (Phi) is 8.04. The van der Waals surface area contributed by atoms with E-state index < -0.39 is 0 Å². The number of rotatable bonds is 8. The standard InChI is InChI=1S/C14H32N2/c1-6-7-8-9-12(2)16-11-10-13(15)14(3,4)5/h12-13,16H,6-11,15H2,1-5H3. The lowest BCUT2D eigenvalue weighted by Crippen LogP contribution is -2.39. The topological polar surface area (TPSA) is 38.0 Å². The molecule has 3 N–H and O–H groups in total. The van der Waals surface area contributed by atoms with E-state index in [-0.39, 0.29) is 5.41 Å². The summed E-state index contributed by atoms with van der Waals surface area (Å²) < 4.78 is 0. The number of hydrogen-bond donors (Lipinski definition) is 2. The summed E-state index contributed by atoms with van der Waals surface area (Å²) in [7, 11) is 0. The van der Waals surface area contributed by atoms with Crippen LogP contribution in [0, 0.1) is 5.41 Å². The van der Waals surface area contributed by atoms with Gasteiger partial charge in [-0.15, -0.1) is 0 Å². The van der Waals surface area contributed by atoms with Crippen LogP contribution in [0.5, 0.6) is 0 Å². The number of unbranched alkanes of at least 4 members (excludes halogenated alkanes) is 2. The fraction of sp³-hybridized carbons (Fsp3) is 1.00. The van der Waals surface area contributed by atoms with Crippen molar-refractivity contribution in [2.75, 3.05) is 6.54 Å². The number of nitrogens with two attached hydrogens (primary N) is 1. The Morgan fingerprint density at radius 1 is 1.12 bits per heavy atom. The predicted octanol–water partition coefficient (Wildman–Crippen LogP) is 3.31. The third-order valence-corrected chi connectivity index (χ3v) is 3.30. The lowest BCUT2D eigenvalue weighted by Gasteiger charge is -2.27. The molecule has 0 fully saturated rings. The van der Waals surface area contributed by atoms with Crippen LogP contribution in [0.15, 0.2) is 0 Å². The van der Waals surface area contributed by atoms with Crippen LogP contribution in [0.3, 0.4) is 0 Å². The summed E-state index contributed by atoms with van der Waals surface area (Å²) in [6, 6.07) is 0.932. The first kappa shape index (κ1) is 15.9. The maximum Gasteiger partial charge on any atom is 0.00997 e. The van der Waals surface area contributed by atoms with Gasteiger partial charge in [0.15, 0.2) is 0 Å². The second kappa shape index (κ2) is 8.08. The van der Waals surface area contributed by atoms with Gasteiger partial charge in [-0.3, -0.25) is 0 Å². The van der Waals surface area contributed by atoms with Crippen LogP contribution in [-0.2, 0) is 0 Å². The molecule has 0 aliphatic rings. The highest BCUT2D eigenvalue weighted by Gasteiger charge is 2.19. The molecule has 0 aromatic carbocycles. The molecule has 16 heavy (non-hydrogen) atoms. The summed E-state index contributed by atoms with van der Waals surface area (Å²) in [6.07, 6.45) is 6.37. The minimum Gasteiger partial charge on any atom is -0.327 e. The molecule has 2 heteroatoms. The second-order valence-corrected chi connectivity index (χ2v) is 6.11. The fourth-order valence-electron chi connectivity index (χ4n) is 1.72. The molecular formula is C14H32N2. The van der Waals surface area contributed by atoms with Gasteiger partial charge in [0.05, 0.1) is 0 Å². The van der Waals surface area contributed by atoms with Gasteiger partial charge in [0.25, 0.3) is 0 Å². The Hall–Kier alpha value is -0.0800. The van der Waals surface area contributed by atoms with Crippen LogP contribution < -0.4 is 11.1 Å². The molecule has 2 atom stereocenters. The SMILES string of the molecule is CCCCCC(C)NCCC(N)C(C)(C)C. The van der Waals surface area contributed by atoms with Crippen molar-refractivity contribution >= 4 is 0 Å². The van der Waals surface area contributed by atoms with Crippen molar-refractivity contribution in [1.82, 2.24) is 5.32 Å². The molecule has 0 aromatic rings. The zero-order valence-corrected chi connectivity index (χ0v) is 12.0. The lowest BCUT2D eigenvalue weighted by atomic mass is 9.85. The Morgan fingerprint density at radius 3 is 2.25 bits per heavy atom. The van der Waals surface area contributed by atoms with E-state index in [1.807, 2.05) is 0 Å². The van der Waals surface area contributed by atoms with Crippen molar-refractivity contribution < 1.29 is 0 Å². The summed E-state index contributed by atoms with van der Waals surface area (Å²) in [6.45, 7) is 12.2. The highest BCUT2D eigenvalue weighted by Crippen LogP contribution is 2.19. The van der Waals surface area contributed by atoms with Crippen molar-refractivity contribution in [3.63, 3.8) is 0 Å². The van der Waals surface area contributed by atoms with Gasteiger partial charge in [-0.1, -0.05) is 47.0 Å². The molecule has 0 aliphatic heterocycles. The van der Waals surface area contributed by atoms with Gasteiger partial charge in [0.2, 0.25) is 0 Å². The molecule has 0 amide bonds. The summed E-state index contributed by atoms with van der Waals surface area (Å²) in [5, 5.41) is 3.56. The summed E-state index contributed by atoms with van der Waals surface area (Å²) >= 11 is 0. The third-order valence-electron chi connectivity index (χ3n) is 3.30. The molecule has 0 saturated carbocycles. The molecule has 98 valence electrons. The zero-order valence-electron chi connectivity index (χ0n) is 12.0. The molecule has 2 nitrogen and oxygen atoms in total. The molecule has 2 unspecified atom stereocenters. The largest absolute Gasteiger partial charge is 0.327 e. The van der Waals surface area contributed by atoms with Crippen LogP contribution in [0.2, 0.25) is 0 Å². The molecule has 0 bridgehead atoms. The van der Waals surface area contributed by atoms with Gasteiger partial charge in [-0.2, -0.15) is 0 Å². The molecule has 0 aromatic heterocycles. The summed E-state index contributed by atoms with van der Waals surface area (Å²) in [5.74, 6) is 0. The quantitative estimate of drug-likeness (QED) is 0.626. The van der Waals surface area contributed by atoms with Gasteiger partial charge in [-0.05, 0) is 31.7 Å². The van der Waals surface area contributed by atoms with Gasteiger partial charge in [0.1, 0.15) is 0 Å². The Balaban J connectivity index is 3.50. The van der Waals surface area contributed by atoms with Gasteiger partial charge < -0.3 is 11.1 Å². The predicted molar refractivity (Wildman–Crippen MR) is 73.7 cm³/mol. The minimum absolute atomic E-state index is 0.229. The van der Waals surface area contributed by atoms with Crippen LogP contribution in [0.1, 0.15) is 66.7 Å². The van der Waals surface area contributed by atoms with E-state index in [9.17, 15) is 0 Å². The smallest absolute Gasteiger partial charge is 0.00997 e. The van der Waals surface area contributed by atoms with E-state index in [1.165, 1.54) is 25.7 Å². The summed E-state index contributed by atoms with van der Waals surface area (Å²) in [4.78, 5) is 0. The zero-order chi connectivity index (χ0) is 12.6. The first-order valence-corrected chi connectivity index (χ1v) is 6.87. The average Bonchev–Trinajstić information content (AvgIpc) is 2.16. The average molecular weight is 228 g/mol. The van der Waals surface area contributed by atoms with Crippen LogP contribution in [0.4, 0.5) is 0 Å². The van der Waals surface area contributed by atoms with Crippen molar-refractivity contribution in [1.29, 1.82) is 0 Å². The van der Waals surface area contributed by atoms with Crippen molar-refractivity contribution in [3.05, 3.63) is 0 Å². The van der Waals surface area contributed by atoms with Crippen molar-refractivity contribution in [3.8, 4) is 0 Å². The molecular weight excluding hydrogens is 196 g/mol. The van der Waals surface area contributed by atoms with E-state index in [2.05, 4.69) is 39.9 Å². The maximum atomic E-state index is 6.12. The monoisotopic (exact) mass is 228 g/mol. The molecule has 0 rings (SSSR count). The van der Waals surface area contributed by atoms with Crippen LogP contribution >= 0.6 is 0 Å². The van der Waals surface area contributed by atoms with E-state index in [4.69, 9.17) is 5.73 Å². The number of hydrogen-bond acceptors (Lipinski definition) is 2. The Bertz CT molecular complexity index is 161. The Labute approximate surface area is 102 Å². The van der Waals surface area contributed by atoms with E-state index in [0.29, 0.717) is 12.1 Å². The highest BCUT2D eigenvalue weighted by molar-refractivity contribution is 4.77. The maximum absolute atomic E-state index is 6.12. The lowest BCUT2D eigenvalue weighted by molar-refractivity contribution is 0.298. The van der Waals surface area contributed by atoms with Crippen LogP contribution in [0.25, 0.3) is 0 Å². The normalized spacial score (nSPS) is 16.1. The highest BCUT2D eigenvalue weighted by atomic mass is 14.9. The first-order valence-electron chi connectivity index (χ1n) is 6.87. The van der Waals surface area contributed by atoms with Gasteiger partial charge >= 0.3 is 0 Å². The molecule has 0 saturated heterocycles. The molecule has 0 spiro atoms. The van der Waals surface area contributed by atoms with Crippen molar-refractivity contribution in [2.45, 2.75) is 78.8 Å². The van der Waals surface area contributed by atoms with E-state index in [0.717, 1.165) is 13.0 Å². The van der Waals surface area contributed by atoms with Crippen LogP contribution in [-0.4, -0.2) is 18.6 Å². The fourth-order valence-corrected chi connectivity index (χ4v) is 1.72. The molecule has 0 radical (unpaired) electrons. The Morgan fingerprint density at radius 2 is 1.75 bits per heavy atom. The molecule has 0 aliphatic carbocycles. The first-order chi connectivity index (χ1) is 7.38. The van der Waals surface area contributed by atoms with Gasteiger partial charge in [0, 0.05) is 12.1 Å². The van der Waals surface area contributed by atoms with Crippen molar-refractivity contribution in [2.24, 2.45) is 11.1 Å². The minimum atomic E-state index is 0.229. The summed E-state index contributed by atoms with van der Waals surface area (Å²) in [5.41, 5.74) is 6.35. The molecule has 0 heterocycles. The number of nitrogens with one attached hydrogen (secondary N) is 1. The second-order valence-electron chi connectivity index (χ2n) is 6.11. The van der Waals surface area contributed by atoms with Gasteiger partial charge in [-0.25, -0.2) is 0 Å².